The van der Waals surface area contributed by atoms with Crippen molar-refractivity contribution >= 4 is 23.1 Å². The second-order valence-corrected chi connectivity index (χ2v) is 8.84. The number of hydrogen-bond donors (Lipinski definition) is 0. The van der Waals surface area contributed by atoms with E-state index in [4.69, 9.17) is 14.5 Å². The molecule has 1 atom stereocenters. The van der Waals surface area contributed by atoms with Gasteiger partial charge in [-0.1, -0.05) is 33.1 Å². The average molecular weight is 436 g/mol. The zero-order valence-electron chi connectivity index (χ0n) is 19.5. The van der Waals surface area contributed by atoms with Crippen LogP contribution in [0.2, 0.25) is 0 Å². The summed E-state index contributed by atoms with van der Waals surface area (Å²) in [5, 5.41) is 0. The largest absolute Gasteiger partial charge is 0.497 e. The van der Waals surface area contributed by atoms with E-state index >= 15 is 0 Å². The molecule has 2 fully saturated rings. The van der Waals surface area contributed by atoms with Gasteiger partial charge < -0.3 is 14.4 Å². The third kappa shape index (κ3) is 4.31. The van der Waals surface area contributed by atoms with E-state index in [1.807, 2.05) is 53.4 Å². The minimum absolute atomic E-state index is 0.0461. The van der Waals surface area contributed by atoms with Gasteiger partial charge >= 0.3 is 0 Å². The highest BCUT2D eigenvalue weighted by Crippen LogP contribution is 2.36. The molecule has 6 heteroatoms. The molecule has 6 nitrogen and oxygen atoms in total. The highest BCUT2D eigenvalue weighted by molar-refractivity contribution is 6.50. The van der Waals surface area contributed by atoms with Gasteiger partial charge in [0.1, 0.15) is 17.7 Å². The first kappa shape index (κ1) is 22.2. The maximum Gasteiger partial charge on any atom is 0.295 e. The van der Waals surface area contributed by atoms with Crippen molar-refractivity contribution in [3.05, 3.63) is 48.5 Å². The first-order valence-electron chi connectivity index (χ1n) is 11.5. The fourth-order valence-electron chi connectivity index (χ4n) is 4.70. The van der Waals surface area contributed by atoms with E-state index in [9.17, 15) is 4.79 Å². The number of rotatable bonds is 6. The summed E-state index contributed by atoms with van der Waals surface area (Å²) in [6, 6.07) is 15.8. The monoisotopic (exact) mass is 435 g/mol. The highest BCUT2D eigenvalue weighted by atomic mass is 16.5. The van der Waals surface area contributed by atoms with Crippen LogP contribution in [0, 0.1) is 5.92 Å². The number of nitrogens with zero attached hydrogens (tertiary/aromatic N) is 3. The van der Waals surface area contributed by atoms with Crippen molar-refractivity contribution in [2.75, 3.05) is 24.0 Å². The summed E-state index contributed by atoms with van der Waals surface area (Å²) in [4.78, 5) is 22.9. The topological polar surface area (TPSA) is 54.4 Å². The van der Waals surface area contributed by atoms with Gasteiger partial charge in [-0.3, -0.25) is 14.7 Å². The fraction of sp³-hybridized carbons (Fsp3) is 0.462. The van der Waals surface area contributed by atoms with Crippen LogP contribution >= 0.6 is 0 Å². The van der Waals surface area contributed by atoms with Crippen LogP contribution in [-0.2, 0) is 4.79 Å². The van der Waals surface area contributed by atoms with Gasteiger partial charge in [0.15, 0.2) is 5.84 Å². The van der Waals surface area contributed by atoms with Crippen molar-refractivity contribution in [2.45, 2.75) is 58.2 Å². The number of aliphatic imine (C=N–C) groups is 1. The predicted octanol–water partition coefficient (Wildman–Crippen LogP) is 5.27. The molecule has 1 unspecified atom stereocenters. The third-order valence-electron chi connectivity index (χ3n) is 6.34. The van der Waals surface area contributed by atoms with E-state index in [0.717, 1.165) is 35.7 Å². The highest BCUT2D eigenvalue weighted by Gasteiger charge is 2.46. The predicted molar refractivity (Wildman–Crippen MR) is 129 cm³/mol. The third-order valence-corrected chi connectivity index (χ3v) is 6.34. The number of hydrogen-bond acceptors (Lipinski definition) is 4. The van der Waals surface area contributed by atoms with Crippen LogP contribution in [0.1, 0.15) is 46.0 Å². The molecular weight excluding hydrogens is 402 g/mol. The molecule has 1 aliphatic heterocycles. The standard InChI is InChI=1S/C26H33N3O3/c1-18(2)25-28(20-10-14-22(31-3)15-11-20)24(27-19-8-6-5-7-9-19)26(30)29(25)21-12-16-23(32-4)17-13-21/h10-19,25H,5-9H2,1-4H3. The molecule has 1 saturated heterocycles. The van der Waals surface area contributed by atoms with E-state index in [1.165, 1.54) is 19.3 Å². The molecular formula is C26H33N3O3. The van der Waals surface area contributed by atoms with Gasteiger partial charge in [-0.05, 0) is 67.3 Å². The van der Waals surface area contributed by atoms with Crippen molar-refractivity contribution in [3.8, 4) is 11.5 Å². The van der Waals surface area contributed by atoms with Crippen LogP contribution < -0.4 is 19.3 Å². The minimum Gasteiger partial charge on any atom is -0.497 e. The van der Waals surface area contributed by atoms with Gasteiger partial charge in [-0.25, -0.2) is 0 Å². The van der Waals surface area contributed by atoms with Gasteiger partial charge in [0.05, 0.1) is 20.3 Å². The van der Waals surface area contributed by atoms with E-state index in [1.54, 1.807) is 14.2 Å². The van der Waals surface area contributed by atoms with Crippen LogP contribution in [0.5, 0.6) is 11.5 Å². The number of ether oxygens (including phenoxy) is 2. The molecule has 1 aliphatic carbocycles. The van der Waals surface area contributed by atoms with Crippen LogP contribution in [-0.4, -0.2) is 38.2 Å². The van der Waals surface area contributed by atoms with Gasteiger partial charge in [0.25, 0.3) is 5.91 Å². The number of carbonyl (C=O) groups is 1. The normalized spacial score (nSPS) is 21.0. The van der Waals surface area contributed by atoms with Crippen molar-refractivity contribution in [1.82, 2.24) is 0 Å². The molecule has 1 amide bonds. The molecule has 0 bridgehead atoms. The SMILES string of the molecule is COc1ccc(N2C(=O)C(=NC3CCCCC3)N(c3ccc(OC)cc3)C2C(C)C)cc1. The Labute approximate surface area is 190 Å². The summed E-state index contributed by atoms with van der Waals surface area (Å²) in [5.41, 5.74) is 1.80. The van der Waals surface area contributed by atoms with Crippen molar-refractivity contribution in [1.29, 1.82) is 0 Å². The Kier molecular flexibility index (Phi) is 6.68. The molecule has 2 aromatic carbocycles. The molecule has 32 heavy (non-hydrogen) atoms. The molecule has 0 spiro atoms. The molecule has 1 heterocycles. The van der Waals surface area contributed by atoms with E-state index in [-0.39, 0.29) is 24.0 Å². The van der Waals surface area contributed by atoms with Crippen LogP contribution in [0.15, 0.2) is 53.5 Å². The maximum absolute atomic E-state index is 13.9. The Morgan fingerprint density at radius 1 is 0.812 bits per heavy atom. The van der Waals surface area contributed by atoms with Gasteiger partial charge in [-0.2, -0.15) is 0 Å². The van der Waals surface area contributed by atoms with Gasteiger partial charge in [-0.15, -0.1) is 0 Å². The smallest absolute Gasteiger partial charge is 0.295 e. The second kappa shape index (κ2) is 9.63. The minimum atomic E-state index is -0.174. The molecule has 0 aromatic heterocycles. The summed E-state index contributed by atoms with van der Waals surface area (Å²) in [5.74, 6) is 2.23. The zero-order chi connectivity index (χ0) is 22.7. The number of methoxy groups -OCH3 is 2. The molecule has 4 rings (SSSR count). The quantitative estimate of drug-likeness (QED) is 0.620. The number of amides is 1. The molecule has 1 saturated carbocycles. The Morgan fingerprint density at radius 2 is 1.31 bits per heavy atom. The fourth-order valence-corrected chi connectivity index (χ4v) is 4.70. The first-order chi connectivity index (χ1) is 15.5. The zero-order valence-corrected chi connectivity index (χ0v) is 19.5. The summed E-state index contributed by atoms with van der Waals surface area (Å²) >= 11 is 0. The molecule has 170 valence electrons. The summed E-state index contributed by atoms with van der Waals surface area (Å²) < 4.78 is 10.7. The molecule has 0 N–H and O–H groups in total. The van der Waals surface area contributed by atoms with Crippen molar-refractivity contribution in [2.24, 2.45) is 10.9 Å². The first-order valence-corrected chi connectivity index (χ1v) is 11.5. The van der Waals surface area contributed by atoms with Crippen LogP contribution in [0.4, 0.5) is 11.4 Å². The van der Waals surface area contributed by atoms with E-state index in [2.05, 4.69) is 18.7 Å². The lowest BCUT2D eigenvalue weighted by Gasteiger charge is -2.33. The Bertz CT molecular complexity index is 947. The summed E-state index contributed by atoms with van der Waals surface area (Å²) in [6.45, 7) is 4.29. The molecule has 2 aromatic rings. The molecule has 2 aliphatic rings. The Hall–Kier alpha value is -3.02. The van der Waals surface area contributed by atoms with Crippen molar-refractivity contribution in [3.63, 3.8) is 0 Å². The Morgan fingerprint density at radius 3 is 1.78 bits per heavy atom. The average Bonchev–Trinajstić information content (AvgIpc) is 3.12. The lowest BCUT2D eigenvalue weighted by atomic mass is 9.96. The number of carbonyl (C=O) groups excluding carboxylic acids is 1. The van der Waals surface area contributed by atoms with E-state index in [0.29, 0.717) is 5.84 Å². The van der Waals surface area contributed by atoms with Crippen molar-refractivity contribution < 1.29 is 14.3 Å². The van der Waals surface area contributed by atoms with Gasteiger partial charge in [0.2, 0.25) is 0 Å². The van der Waals surface area contributed by atoms with Crippen LogP contribution in [0.3, 0.4) is 0 Å². The lowest BCUT2D eigenvalue weighted by Crippen LogP contribution is -2.44. The number of anilines is 2. The number of benzene rings is 2. The lowest BCUT2D eigenvalue weighted by molar-refractivity contribution is -0.112. The summed E-state index contributed by atoms with van der Waals surface area (Å²) in [6.07, 6.45) is 5.52. The molecule has 0 radical (unpaired) electrons. The van der Waals surface area contributed by atoms with Gasteiger partial charge in [0, 0.05) is 11.4 Å². The maximum atomic E-state index is 13.9. The van der Waals surface area contributed by atoms with E-state index < -0.39 is 0 Å². The van der Waals surface area contributed by atoms with Crippen LogP contribution in [0.25, 0.3) is 0 Å². The Balaban J connectivity index is 1.80. The second-order valence-electron chi connectivity index (χ2n) is 8.84. The summed E-state index contributed by atoms with van der Waals surface area (Å²) in [7, 11) is 3.31. The number of amidine groups is 1.